The standard InChI is InChI=1S/C14H13NO4S/c1-18-12-4-2-10(3-5-13(16)17)8-11(12)9-20-14-15-6-7-19-14/h2-8H,9H2,1H3,(H,16,17)/b5-3+. The van der Waals surface area contributed by atoms with Crippen molar-refractivity contribution in [1.29, 1.82) is 0 Å². The van der Waals surface area contributed by atoms with Crippen molar-refractivity contribution in [2.45, 2.75) is 11.0 Å². The molecule has 0 unspecified atom stereocenters. The van der Waals surface area contributed by atoms with E-state index >= 15 is 0 Å². The maximum Gasteiger partial charge on any atom is 0.328 e. The number of thioether (sulfide) groups is 1. The molecule has 20 heavy (non-hydrogen) atoms. The number of ether oxygens (including phenoxy) is 1. The summed E-state index contributed by atoms with van der Waals surface area (Å²) in [7, 11) is 1.60. The van der Waals surface area contributed by atoms with Gasteiger partial charge in [-0.2, -0.15) is 0 Å². The molecule has 0 bridgehead atoms. The van der Waals surface area contributed by atoms with Crippen molar-refractivity contribution in [2.24, 2.45) is 0 Å². The Kier molecular flexibility index (Phi) is 4.84. The summed E-state index contributed by atoms with van der Waals surface area (Å²) in [6.07, 6.45) is 5.76. The van der Waals surface area contributed by atoms with Gasteiger partial charge in [0.2, 0.25) is 0 Å². The van der Waals surface area contributed by atoms with E-state index in [4.69, 9.17) is 14.3 Å². The van der Waals surface area contributed by atoms with Gasteiger partial charge >= 0.3 is 5.97 Å². The predicted molar refractivity (Wildman–Crippen MR) is 75.7 cm³/mol. The van der Waals surface area contributed by atoms with Gasteiger partial charge in [-0.05, 0) is 23.8 Å². The number of carboxylic acid groups (broad SMARTS) is 1. The number of hydrogen-bond donors (Lipinski definition) is 1. The maximum atomic E-state index is 10.5. The molecule has 0 atom stereocenters. The number of nitrogens with zero attached hydrogens (tertiary/aromatic N) is 1. The van der Waals surface area contributed by atoms with Gasteiger partial charge in [-0.15, -0.1) is 0 Å². The van der Waals surface area contributed by atoms with Crippen LogP contribution in [0.2, 0.25) is 0 Å². The molecule has 1 heterocycles. The number of benzene rings is 1. The first-order valence-electron chi connectivity index (χ1n) is 5.79. The summed E-state index contributed by atoms with van der Waals surface area (Å²) in [5, 5.41) is 9.22. The van der Waals surface area contributed by atoms with E-state index in [1.165, 1.54) is 18.0 Å². The molecule has 0 aliphatic carbocycles. The Hall–Kier alpha value is -2.21. The van der Waals surface area contributed by atoms with Crippen molar-refractivity contribution in [2.75, 3.05) is 7.11 Å². The molecular weight excluding hydrogens is 278 g/mol. The molecule has 2 aromatic rings. The van der Waals surface area contributed by atoms with E-state index in [0.29, 0.717) is 11.0 Å². The quantitative estimate of drug-likeness (QED) is 0.651. The fourth-order valence-corrected chi connectivity index (χ4v) is 2.37. The van der Waals surface area contributed by atoms with Crippen molar-refractivity contribution in [1.82, 2.24) is 4.98 Å². The lowest BCUT2D eigenvalue weighted by molar-refractivity contribution is -0.131. The molecule has 6 heteroatoms. The summed E-state index contributed by atoms with van der Waals surface area (Å²) in [4.78, 5) is 14.6. The van der Waals surface area contributed by atoms with Gasteiger partial charge in [-0.3, -0.25) is 0 Å². The summed E-state index contributed by atoms with van der Waals surface area (Å²) >= 11 is 1.44. The highest BCUT2D eigenvalue weighted by Gasteiger charge is 2.06. The van der Waals surface area contributed by atoms with Crippen LogP contribution in [0.4, 0.5) is 0 Å². The molecule has 0 radical (unpaired) electrons. The molecule has 1 N–H and O–H groups in total. The predicted octanol–water partition coefficient (Wildman–Crippen LogP) is 3.07. The zero-order chi connectivity index (χ0) is 14.4. The molecule has 0 saturated carbocycles. The molecule has 0 spiro atoms. The number of hydrogen-bond acceptors (Lipinski definition) is 5. The van der Waals surface area contributed by atoms with Crippen molar-refractivity contribution < 1.29 is 19.1 Å². The third-order valence-corrected chi connectivity index (χ3v) is 3.39. The monoisotopic (exact) mass is 291 g/mol. The van der Waals surface area contributed by atoms with Gasteiger partial charge in [0.1, 0.15) is 12.0 Å². The second kappa shape index (κ2) is 6.81. The molecule has 0 aliphatic heterocycles. The van der Waals surface area contributed by atoms with Gasteiger partial charge in [0, 0.05) is 17.4 Å². The minimum Gasteiger partial charge on any atom is -0.496 e. The van der Waals surface area contributed by atoms with Gasteiger partial charge in [0.05, 0.1) is 13.3 Å². The number of methoxy groups -OCH3 is 1. The van der Waals surface area contributed by atoms with Crippen LogP contribution < -0.4 is 4.74 Å². The van der Waals surface area contributed by atoms with E-state index in [1.54, 1.807) is 25.4 Å². The fourth-order valence-electron chi connectivity index (χ4n) is 1.60. The number of oxazole rings is 1. The smallest absolute Gasteiger partial charge is 0.328 e. The lowest BCUT2D eigenvalue weighted by Crippen LogP contribution is -1.92. The first kappa shape index (κ1) is 14.2. The number of rotatable bonds is 6. The highest BCUT2D eigenvalue weighted by Crippen LogP contribution is 2.28. The van der Waals surface area contributed by atoms with Gasteiger partial charge in [0.15, 0.2) is 0 Å². The lowest BCUT2D eigenvalue weighted by atomic mass is 10.1. The molecule has 2 rings (SSSR count). The average Bonchev–Trinajstić information content (AvgIpc) is 2.96. The van der Waals surface area contributed by atoms with Crippen molar-refractivity contribution in [3.8, 4) is 5.75 Å². The van der Waals surface area contributed by atoms with E-state index in [1.807, 2.05) is 12.1 Å². The second-order valence-corrected chi connectivity index (χ2v) is 4.76. The summed E-state index contributed by atoms with van der Waals surface area (Å²) in [6, 6.07) is 5.50. The van der Waals surface area contributed by atoms with Crippen LogP contribution in [0.15, 0.2) is 46.4 Å². The SMILES string of the molecule is COc1ccc(/C=C/C(=O)O)cc1CSc1ncco1. The topological polar surface area (TPSA) is 72.6 Å². The molecule has 0 fully saturated rings. The van der Waals surface area contributed by atoms with Crippen LogP contribution >= 0.6 is 11.8 Å². The Balaban J connectivity index is 2.15. The highest BCUT2D eigenvalue weighted by atomic mass is 32.2. The number of aliphatic carboxylic acids is 1. The number of aromatic nitrogens is 1. The van der Waals surface area contributed by atoms with Gasteiger partial charge in [-0.1, -0.05) is 17.8 Å². The Morgan fingerprint density at radius 2 is 2.40 bits per heavy atom. The molecular formula is C14H13NO4S. The van der Waals surface area contributed by atoms with Crippen LogP contribution in [-0.2, 0) is 10.5 Å². The highest BCUT2D eigenvalue weighted by molar-refractivity contribution is 7.98. The molecule has 0 aliphatic rings. The summed E-state index contributed by atoms with van der Waals surface area (Å²) in [6.45, 7) is 0. The van der Waals surface area contributed by atoms with Gasteiger partial charge in [-0.25, -0.2) is 9.78 Å². The van der Waals surface area contributed by atoms with Crippen LogP contribution in [0, 0.1) is 0 Å². The number of carbonyl (C=O) groups is 1. The first-order chi connectivity index (χ1) is 9.69. The minimum absolute atomic E-state index is 0.582. The van der Waals surface area contributed by atoms with E-state index in [2.05, 4.69) is 4.98 Å². The zero-order valence-electron chi connectivity index (χ0n) is 10.8. The second-order valence-electron chi connectivity index (χ2n) is 3.83. The fraction of sp³-hybridized carbons (Fsp3) is 0.143. The van der Waals surface area contributed by atoms with Crippen LogP contribution in [0.25, 0.3) is 6.08 Å². The van der Waals surface area contributed by atoms with Crippen molar-refractivity contribution in [3.05, 3.63) is 47.9 Å². The normalized spacial score (nSPS) is 10.8. The zero-order valence-corrected chi connectivity index (χ0v) is 11.6. The van der Waals surface area contributed by atoms with Crippen molar-refractivity contribution >= 4 is 23.8 Å². The minimum atomic E-state index is -0.975. The molecule has 1 aromatic carbocycles. The summed E-state index contributed by atoms with van der Waals surface area (Å²) < 4.78 is 10.4. The van der Waals surface area contributed by atoms with Crippen LogP contribution in [0.3, 0.4) is 0 Å². The van der Waals surface area contributed by atoms with E-state index < -0.39 is 5.97 Å². The van der Waals surface area contributed by atoms with Gasteiger partial charge in [0.25, 0.3) is 5.22 Å². The van der Waals surface area contributed by atoms with E-state index in [-0.39, 0.29) is 0 Å². The summed E-state index contributed by atoms with van der Waals surface area (Å²) in [5.41, 5.74) is 1.75. The van der Waals surface area contributed by atoms with Crippen molar-refractivity contribution in [3.63, 3.8) is 0 Å². The third kappa shape index (κ3) is 3.89. The maximum absolute atomic E-state index is 10.5. The summed E-state index contributed by atoms with van der Waals surface area (Å²) in [5.74, 6) is 0.395. The Labute approximate surface area is 120 Å². The Bertz CT molecular complexity index is 608. The Morgan fingerprint density at radius 1 is 1.55 bits per heavy atom. The molecule has 1 aromatic heterocycles. The molecule has 104 valence electrons. The van der Waals surface area contributed by atoms with E-state index in [0.717, 1.165) is 23.0 Å². The average molecular weight is 291 g/mol. The molecule has 0 amide bonds. The molecule has 5 nitrogen and oxygen atoms in total. The molecule has 0 saturated heterocycles. The van der Waals surface area contributed by atoms with E-state index in [9.17, 15) is 4.79 Å². The van der Waals surface area contributed by atoms with Crippen LogP contribution in [0.5, 0.6) is 5.75 Å². The van der Waals surface area contributed by atoms with Crippen LogP contribution in [0.1, 0.15) is 11.1 Å². The van der Waals surface area contributed by atoms with Gasteiger partial charge < -0.3 is 14.3 Å². The Morgan fingerprint density at radius 3 is 3.05 bits per heavy atom. The lowest BCUT2D eigenvalue weighted by Gasteiger charge is -2.08. The first-order valence-corrected chi connectivity index (χ1v) is 6.78. The van der Waals surface area contributed by atoms with Crippen LogP contribution in [-0.4, -0.2) is 23.2 Å². The number of carboxylic acids is 1. The third-order valence-electron chi connectivity index (χ3n) is 2.48. The largest absolute Gasteiger partial charge is 0.496 e.